The molecule has 6 heteroatoms. The number of aromatic amines is 1. The zero-order valence-electron chi connectivity index (χ0n) is 11.2. The minimum atomic E-state index is 0.633. The maximum atomic E-state index is 5.38. The maximum Gasteiger partial charge on any atom is 0.221 e. The summed E-state index contributed by atoms with van der Waals surface area (Å²) in [6, 6.07) is 8.06. The van der Waals surface area contributed by atoms with Crippen molar-refractivity contribution in [2.24, 2.45) is 0 Å². The van der Waals surface area contributed by atoms with E-state index in [1.54, 1.807) is 4.90 Å². The molecule has 0 unspecified atom stereocenters. The van der Waals surface area contributed by atoms with Crippen molar-refractivity contribution in [1.82, 2.24) is 14.8 Å². The molecule has 2 aromatic rings. The molecule has 1 saturated heterocycles. The highest BCUT2D eigenvalue weighted by atomic mass is 79.9. The predicted molar refractivity (Wildman–Crippen MR) is 85.1 cm³/mol. The number of halogens is 1. The van der Waals surface area contributed by atoms with Crippen molar-refractivity contribution in [2.75, 3.05) is 13.1 Å². The van der Waals surface area contributed by atoms with E-state index in [0.29, 0.717) is 4.77 Å². The molecule has 3 rings (SSSR count). The zero-order chi connectivity index (χ0) is 13.9. The standard InChI is InChI=1S/C14H17BrN4S/c15-12-7-3-2-6-11(12)13-16-14(20)19(17-13)10-18-8-4-1-5-9-18/h2-3,6-7H,1,4-5,8-10H2,(H,16,17,20)/p+1. The Morgan fingerprint density at radius 3 is 2.75 bits per heavy atom. The topological polar surface area (TPSA) is 38.0 Å². The summed E-state index contributed by atoms with van der Waals surface area (Å²) in [5, 5.41) is 3.34. The van der Waals surface area contributed by atoms with Crippen LogP contribution in [0.4, 0.5) is 0 Å². The smallest absolute Gasteiger partial charge is 0.221 e. The largest absolute Gasteiger partial charge is 0.316 e. The Morgan fingerprint density at radius 1 is 1.25 bits per heavy atom. The number of benzene rings is 1. The van der Waals surface area contributed by atoms with Crippen LogP contribution in [0.25, 0.3) is 11.4 Å². The first kappa shape index (κ1) is 14.0. The van der Waals surface area contributed by atoms with Gasteiger partial charge in [-0.15, -0.1) is 0 Å². The van der Waals surface area contributed by atoms with E-state index in [0.717, 1.165) is 22.5 Å². The highest BCUT2D eigenvalue weighted by Crippen LogP contribution is 2.24. The second kappa shape index (κ2) is 6.20. The summed E-state index contributed by atoms with van der Waals surface area (Å²) >= 11 is 8.93. The lowest BCUT2D eigenvalue weighted by molar-refractivity contribution is -0.928. The monoisotopic (exact) mass is 353 g/mol. The van der Waals surface area contributed by atoms with E-state index >= 15 is 0 Å². The highest BCUT2D eigenvalue weighted by molar-refractivity contribution is 9.10. The molecule has 1 aromatic carbocycles. The fraction of sp³-hybridized carbons (Fsp3) is 0.429. The third-order valence-electron chi connectivity index (χ3n) is 3.75. The molecule has 1 aromatic heterocycles. The lowest BCUT2D eigenvalue weighted by atomic mass is 10.1. The van der Waals surface area contributed by atoms with Crippen molar-refractivity contribution in [1.29, 1.82) is 0 Å². The van der Waals surface area contributed by atoms with Crippen LogP contribution in [-0.4, -0.2) is 27.9 Å². The summed E-state index contributed by atoms with van der Waals surface area (Å²) in [6.07, 6.45) is 3.99. The van der Waals surface area contributed by atoms with Gasteiger partial charge in [-0.3, -0.25) is 5.10 Å². The molecule has 2 N–H and O–H groups in total. The lowest BCUT2D eigenvalue weighted by Crippen LogP contribution is -3.12. The molecular formula is C14H18BrN4S+. The van der Waals surface area contributed by atoms with Gasteiger partial charge in [0.25, 0.3) is 0 Å². The van der Waals surface area contributed by atoms with Gasteiger partial charge >= 0.3 is 0 Å². The second-order valence-corrected chi connectivity index (χ2v) is 6.45. The third kappa shape index (κ3) is 3.02. The number of piperidine rings is 1. The summed E-state index contributed by atoms with van der Waals surface area (Å²) in [5.74, 6) is 0.832. The van der Waals surface area contributed by atoms with Gasteiger partial charge in [-0.05, 0) is 37.5 Å². The van der Waals surface area contributed by atoms with Crippen molar-refractivity contribution in [3.8, 4) is 11.4 Å². The normalized spacial score (nSPS) is 16.4. The molecule has 1 fully saturated rings. The summed E-state index contributed by atoms with van der Waals surface area (Å²) in [4.78, 5) is 6.06. The quantitative estimate of drug-likeness (QED) is 0.831. The van der Waals surface area contributed by atoms with E-state index in [9.17, 15) is 0 Å². The van der Waals surface area contributed by atoms with Gasteiger partial charge in [0, 0.05) is 10.0 Å². The van der Waals surface area contributed by atoms with Gasteiger partial charge in [0.15, 0.2) is 12.5 Å². The van der Waals surface area contributed by atoms with Crippen molar-refractivity contribution in [2.45, 2.75) is 25.9 Å². The molecule has 0 aliphatic carbocycles. The Bertz CT molecular complexity index is 643. The van der Waals surface area contributed by atoms with Crippen LogP contribution in [0.5, 0.6) is 0 Å². The Morgan fingerprint density at radius 2 is 2.00 bits per heavy atom. The van der Waals surface area contributed by atoms with Crippen LogP contribution < -0.4 is 4.90 Å². The van der Waals surface area contributed by atoms with Crippen molar-refractivity contribution in [3.05, 3.63) is 33.5 Å². The second-order valence-electron chi connectivity index (χ2n) is 5.23. The van der Waals surface area contributed by atoms with Gasteiger partial charge in [-0.25, -0.2) is 4.68 Å². The van der Waals surface area contributed by atoms with Crippen LogP contribution in [-0.2, 0) is 6.67 Å². The van der Waals surface area contributed by atoms with Crippen LogP contribution in [0.2, 0.25) is 0 Å². The predicted octanol–water partition coefficient (Wildman–Crippen LogP) is 2.40. The molecule has 0 spiro atoms. The van der Waals surface area contributed by atoms with Crippen molar-refractivity contribution >= 4 is 28.1 Å². The number of nitrogens with zero attached hydrogens (tertiary/aromatic N) is 2. The van der Waals surface area contributed by atoms with Gasteiger partial charge in [0.05, 0.1) is 13.1 Å². The Hall–Kier alpha value is -0.980. The van der Waals surface area contributed by atoms with Crippen LogP contribution >= 0.6 is 28.1 Å². The Labute approximate surface area is 131 Å². The molecular weight excluding hydrogens is 336 g/mol. The molecule has 0 atom stereocenters. The average molecular weight is 354 g/mol. The molecule has 4 nitrogen and oxygen atoms in total. The fourth-order valence-electron chi connectivity index (χ4n) is 2.67. The lowest BCUT2D eigenvalue weighted by Gasteiger charge is -2.23. The summed E-state index contributed by atoms with van der Waals surface area (Å²) < 4.78 is 3.65. The minimum absolute atomic E-state index is 0.633. The van der Waals surface area contributed by atoms with Gasteiger partial charge in [0.2, 0.25) is 4.77 Å². The first-order chi connectivity index (χ1) is 9.74. The number of H-pyrrole nitrogens is 1. The Kier molecular flexibility index (Phi) is 4.33. The minimum Gasteiger partial charge on any atom is -0.316 e. The number of quaternary nitrogens is 1. The average Bonchev–Trinajstić information content (AvgIpc) is 2.81. The summed E-state index contributed by atoms with van der Waals surface area (Å²) in [7, 11) is 0. The van der Waals surface area contributed by atoms with Crippen LogP contribution in [0.3, 0.4) is 0 Å². The van der Waals surface area contributed by atoms with E-state index in [2.05, 4.69) is 26.0 Å². The number of likely N-dealkylation sites (tertiary alicyclic amines) is 1. The van der Waals surface area contributed by atoms with Crippen LogP contribution in [0.15, 0.2) is 28.7 Å². The highest BCUT2D eigenvalue weighted by Gasteiger charge is 2.15. The van der Waals surface area contributed by atoms with Crippen molar-refractivity contribution < 1.29 is 4.90 Å². The van der Waals surface area contributed by atoms with E-state index in [4.69, 9.17) is 12.2 Å². The molecule has 0 radical (unpaired) electrons. The third-order valence-corrected chi connectivity index (χ3v) is 4.75. The van der Waals surface area contributed by atoms with Crippen LogP contribution in [0.1, 0.15) is 19.3 Å². The zero-order valence-corrected chi connectivity index (χ0v) is 13.6. The number of nitrogens with one attached hydrogen (secondary N) is 2. The first-order valence-electron chi connectivity index (χ1n) is 6.99. The first-order valence-corrected chi connectivity index (χ1v) is 8.19. The summed E-state index contributed by atoms with van der Waals surface area (Å²) in [6.45, 7) is 3.34. The van der Waals surface area contributed by atoms with E-state index in [1.807, 2.05) is 28.9 Å². The van der Waals surface area contributed by atoms with E-state index in [1.165, 1.54) is 32.4 Å². The number of hydrogen-bond acceptors (Lipinski definition) is 2. The molecule has 1 aliphatic heterocycles. The van der Waals surface area contributed by atoms with E-state index < -0.39 is 0 Å². The van der Waals surface area contributed by atoms with Gasteiger partial charge in [-0.2, -0.15) is 4.98 Å². The van der Waals surface area contributed by atoms with E-state index in [-0.39, 0.29) is 0 Å². The van der Waals surface area contributed by atoms with Crippen LogP contribution in [0, 0.1) is 4.77 Å². The molecule has 2 heterocycles. The number of rotatable bonds is 3. The molecule has 1 aliphatic rings. The Balaban J connectivity index is 1.84. The number of aromatic nitrogens is 3. The number of hydrogen-bond donors (Lipinski definition) is 2. The molecule has 20 heavy (non-hydrogen) atoms. The van der Waals surface area contributed by atoms with Crippen molar-refractivity contribution in [3.63, 3.8) is 0 Å². The van der Waals surface area contributed by atoms with Gasteiger partial charge in [-0.1, -0.05) is 34.1 Å². The fourth-order valence-corrected chi connectivity index (χ4v) is 3.35. The SMILES string of the molecule is S=c1nc(-c2ccccc2Br)[nH]n1C[NH+]1CCCCC1. The summed E-state index contributed by atoms with van der Waals surface area (Å²) in [5.41, 5.74) is 1.05. The van der Waals surface area contributed by atoms with Gasteiger partial charge < -0.3 is 4.90 Å². The maximum absolute atomic E-state index is 5.38. The molecule has 0 saturated carbocycles. The van der Waals surface area contributed by atoms with Gasteiger partial charge in [0.1, 0.15) is 0 Å². The molecule has 0 amide bonds. The molecule has 0 bridgehead atoms. The molecule has 106 valence electrons.